The Labute approximate surface area is 165 Å². The summed E-state index contributed by atoms with van der Waals surface area (Å²) in [5.74, 6) is 1.66. The number of aromatic nitrogens is 3. The highest BCUT2D eigenvalue weighted by atomic mass is 16.2. The smallest absolute Gasteiger partial charge is 0.253 e. The summed E-state index contributed by atoms with van der Waals surface area (Å²) in [4.78, 5) is 21.3. The second-order valence-electron chi connectivity index (χ2n) is 7.41. The Morgan fingerprint density at radius 2 is 1.68 bits per heavy atom. The number of rotatable bonds is 5. The van der Waals surface area contributed by atoms with Gasteiger partial charge in [0.25, 0.3) is 5.91 Å². The molecule has 0 spiro atoms. The number of carbonyl (C=O) groups excluding carboxylic acids is 1. The molecule has 0 atom stereocenters. The van der Waals surface area contributed by atoms with Crippen LogP contribution in [-0.4, -0.2) is 57.7 Å². The molecular formula is C22H25N5O. The Morgan fingerprint density at radius 3 is 2.32 bits per heavy atom. The maximum absolute atomic E-state index is 12.6. The van der Waals surface area contributed by atoms with E-state index in [0.717, 1.165) is 54.4 Å². The summed E-state index contributed by atoms with van der Waals surface area (Å²) in [5, 5.41) is 4.71. The zero-order chi connectivity index (χ0) is 19.5. The molecule has 2 aromatic carbocycles. The number of nitrogens with zero attached hydrogens (tertiary/aromatic N) is 5. The monoisotopic (exact) mass is 375 g/mol. The lowest BCUT2D eigenvalue weighted by molar-refractivity contribution is 0.0793. The van der Waals surface area contributed by atoms with Crippen LogP contribution >= 0.6 is 0 Å². The fourth-order valence-corrected chi connectivity index (χ4v) is 3.51. The minimum Gasteiger partial charge on any atom is -0.339 e. The molecule has 0 saturated carbocycles. The second-order valence-corrected chi connectivity index (χ2v) is 7.41. The maximum atomic E-state index is 12.6. The van der Waals surface area contributed by atoms with Crippen molar-refractivity contribution in [3.8, 4) is 17.1 Å². The van der Waals surface area contributed by atoms with Gasteiger partial charge in [-0.3, -0.25) is 4.79 Å². The molecular weight excluding hydrogens is 350 g/mol. The predicted molar refractivity (Wildman–Crippen MR) is 109 cm³/mol. The largest absolute Gasteiger partial charge is 0.339 e. The zero-order valence-corrected chi connectivity index (χ0v) is 16.4. The molecule has 0 N–H and O–H groups in total. The standard InChI is InChI=1S/C22H25N5O/c1-25(2)16-20-23-21(27(24-20)19-8-4-3-5-9-19)17-10-12-18(13-11-17)22(28)26-14-6-7-15-26/h3-5,8-13H,6-7,14-16H2,1-2H3. The average Bonchev–Trinajstić information content (AvgIpc) is 3.38. The van der Waals surface area contributed by atoms with E-state index in [-0.39, 0.29) is 5.91 Å². The summed E-state index contributed by atoms with van der Waals surface area (Å²) >= 11 is 0. The topological polar surface area (TPSA) is 54.3 Å². The van der Waals surface area contributed by atoms with E-state index in [0.29, 0.717) is 6.54 Å². The van der Waals surface area contributed by atoms with Crippen molar-refractivity contribution in [2.24, 2.45) is 0 Å². The molecule has 0 bridgehead atoms. The summed E-state index contributed by atoms with van der Waals surface area (Å²) in [6.45, 7) is 2.38. The van der Waals surface area contributed by atoms with E-state index in [1.54, 1.807) is 0 Å². The first-order valence-electron chi connectivity index (χ1n) is 9.67. The van der Waals surface area contributed by atoms with Gasteiger partial charge >= 0.3 is 0 Å². The van der Waals surface area contributed by atoms with Crippen LogP contribution in [0.15, 0.2) is 54.6 Å². The summed E-state index contributed by atoms with van der Waals surface area (Å²) in [6, 6.07) is 17.7. The summed E-state index contributed by atoms with van der Waals surface area (Å²) in [5.41, 5.74) is 2.64. The summed E-state index contributed by atoms with van der Waals surface area (Å²) in [6.07, 6.45) is 2.19. The first-order valence-corrected chi connectivity index (χ1v) is 9.67. The van der Waals surface area contributed by atoms with Gasteiger partial charge in [-0.2, -0.15) is 0 Å². The number of amides is 1. The number of hydrogen-bond donors (Lipinski definition) is 0. The molecule has 28 heavy (non-hydrogen) atoms. The van der Waals surface area contributed by atoms with Gasteiger partial charge in [-0.05, 0) is 51.2 Å². The van der Waals surface area contributed by atoms with Gasteiger partial charge in [-0.1, -0.05) is 30.3 Å². The Morgan fingerprint density at radius 1 is 1.00 bits per heavy atom. The van der Waals surface area contributed by atoms with E-state index in [1.165, 1.54) is 0 Å². The van der Waals surface area contributed by atoms with Crippen molar-refractivity contribution >= 4 is 5.91 Å². The van der Waals surface area contributed by atoms with Crippen LogP contribution in [-0.2, 0) is 6.54 Å². The molecule has 1 saturated heterocycles. The fraction of sp³-hybridized carbons (Fsp3) is 0.318. The third-order valence-electron chi connectivity index (χ3n) is 4.89. The maximum Gasteiger partial charge on any atom is 0.253 e. The van der Waals surface area contributed by atoms with Crippen LogP contribution in [0.3, 0.4) is 0 Å². The van der Waals surface area contributed by atoms with Crippen LogP contribution in [0.4, 0.5) is 0 Å². The van der Waals surface area contributed by atoms with Gasteiger partial charge in [0.15, 0.2) is 11.6 Å². The van der Waals surface area contributed by atoms with Gasteiger partial charge in [0.1, 0.15) is 0 Å². The van der Waals surface area contributed by atoms with Crippen molar-refractivity contribution in [1.82, 2.24) is 24.6 Å². The molecule has 1 aliphatic rings. The average molecular weight is 375 g/mol. The first-order chi connectivity index (χ1) is 13.6. The first kappa shape index (κ1) is 18.4. The SMILES string of the molecule is CN(C)Cc1nc(-c2ccc(C(=O)N3CCCC3)cc2)n(-c2ccccc2)n1. The van der Waals surface area contributed by atoms with Crippen LogP contribution in [0.25, 0.3) is 17.1 Å². The molecule has 6 heteroatoms. The van der Waals surface area contributed by atoms with Crippen LogP contribution < -0.4 is 0 Å². The van der Waals surface area contributed by atoms with Crippen molar-refractivity contribution in [3.63, 3.8) is 0 Å². The quantitative estimate of drug-likeness (QED) is 0.687. The van der Waals surface area contributed by atoms with Gasteiger partial charge < -0.3 is 9.80 Å². The second kappa shape index (κ2) is 7.94. The third kappa shape index (κ3) is 3.82. The van der Waals surface area contributed by atoms with Crippen molar-refractivity contribution in [3.05, 3.63) is 66.0 Å². The van der Waals surface area contributed by atoms with Crippen LogP contribution in [0.2, 0.25) is 0 Å². The van der Waals surface area contributed by atoms with Crippen LogP contribution in [0.5, 0.6) is 0 Å². The lowest BCUT2D eigenvalue weighted by Crippen LogP contribution is -2.27. The minimum atomic E-state index is 0.113. The number of hydrogen-bond acceptors (Lipinski definition) is 4. The van der Waals surface area contributed by atoms with E-state index in [1.807, 2.05) is 83.2 Å². The molecule has 1 aromatic heterocycles. The van der Waals surface area contributed by atoms with Crippen LogP contribution in [0.1, 0.15) is 29.0 Å². The van der Waals surface area contributed by atoms with Crippen molar-refractivity contribution in [2.45, 2.75) is 19.4 Å². The fourth-order valence-electron chi connectivity index (χ4n) is 3.51. The number of likely N-dealkylation sites (tertiary alicyclic amines) is 1. The van der Waals surface area contributed by atoms with Crippen molar-refractivity contribution in [1.29, 1.82) is 0 Å². The summed E-state index contributed by atoms with van der Waals surface area (Å²) < 4.78 is 1.87. The molecule has 144 valence electrons. The number of benzene rings is 2. The van der Waals surface area contributed by atoms with E-state index < -0.39 is 0 Å². The molecule has 0 unspecified atom stereocenters. The molecule has 1 aliphatic heterocycles. The predicted octanol–water partition coefficient (Wildman–Crippen LogP) is 3.23. The number of carbonyl (C=O) groups is 1. The van der Waals surface area contributed by atoms with Gasteiger partial charge in [0, 0.05) is 24.2 Å². The Balaban J connectivity index is 1.67. The molecule has 0 radical (unpaired) electrons. The van der Waals surface area contributed by atoms with Gasteiger partial charge in [-0.25, -0.2) is 9.67 Å². The zero-order valence-electron chi connectivity index (χ0n) is 16.4. The molecule has 1 fully saturated rings. The summed E-state index contributed by atoms with van der Waals surface area (Å²) in [7, 11) is 4.00. The lowest BCUT2D eigenvalue weighted by Gasteiger charge is -2.15. The Hall–Kier alpha value is -2.99. The van der Waals surface area contributed by atoms with Crippen molar-refractivity contribution in [2.75, 3.05) is 27.2 Å². The normalized spacial score (nSPS) is 14.0. The van der Waals surface area contributed by atoms with Gasteiger partial charge in [0.05, 0.1) is 12.2 Å². The molecule has 4 rings (SSSR count). The highest BCUT2D eigenvalue weighted by molar-refractivity contribution is 5.94. The third-order valence-corrected chi connectivity index (χ3v) is 4.89. The van der Waals surface area contributed by atoms with E-state index >= 15 is 0 Å². The van der Waals surface area contributed by atoms with Gasteiger partial charge in [-0.15, -0.1) is 5.10 Å². The number of para-hydroxylation sites is 1. The molecule has 1 amide bonds. The highest BCUT2D eigenvalue weighted by Gasteiger charge is 2.20. The van der Waals surface area contributed by atoms with E-state index in [2.05, 4.69) is 0 Å². The Kier molecular flexibility index (Phi) is 5.21. The molecule has 3 aromatic rings. The minimum absolute atomic E-state index is 0.113. The molecule has 2 heterocycles. The highest BCUT2D eigenvalue weighted by Crippen LogP contribution is 2.23. The molecule has 0 aliphatic carbocycles. The lowest BCUT2D eigenvalue weighted by atomic mass is 10.1. The van der Waals surface area contributed by atoms with E-state index in [9.17, 15) is 4.79 Å². The van der Waals surface area contributed by atoms with Gasteiger partial charge in [0.2, 0.25) is 0 Å². The molecule has 6 nitrogen and oxygen atoms in total. The Bertz CT molecular complexity index is 941. The van der Waals surface area contributed by atoms with Crippen molar-refractivity contribution < 1.29 is 4.79 Å². The van der Waals surface area contributed by atoms with Crippen LogP contribution in [0, 0.1) is 0 Å². The van der Waals surface area contributed by atoms with E-state index in [4.69, 9.17) is 10.1 Å².